The van der Waals surface area contributed by atoms with Crippen molar-refractivity contribution in [3.05, 3.63) is 44.4 Å². The Morgan fingerprint density at radius 1 is 1.42 bits per heavy atom. The van der Waals surface area contributed by atoms with Crippen molar-refractivity contribution in [2.45, 2.75) is 19.8 Å². The average Bonchev–Trinajstić information content (AvgIpc) is 2.71. The first-order valence-corrected chi connectivity index (χ1v) is 7.31. The van der Waals surface area contributed by atoms with Gasteiger partial charge in [0, 0.05) is 28.3 Å². The van der Waals surface area contributed by atoms with Crippen LogP contribution < -0.4 is 10.5 Å². The van der Waals surface area contributed by atoms with Crippen molar-refractivity contribution in [2.24, 2.45) is 5.73 Å². The van der Waals surface area contributed by atoms with E-state index < -0.39 is 0 Å². The van der Waals surface area contributed by atoms with E-state index in [1.54, 1.807) is 18.4 Å². The third kappa shape index (κ3) is 3.47. The Hall–Kier alpha value is -1.10. The molecule has 0 atom stereocenters. The van der Waals surface area contributed by atoms with Gasteiger partial charge in [0.05, 0.1) is 17.8 Å². The summed E-state index contributed by atoms with van der Waals surface area (Å²) in [5, 5.41) is 1.82. The second-order valence-electron chi connectivity index (χ2n) is 4.29. The number of nitrogens with zero attached hydrogens (tertiary/aromatic N) is 1. The maximum atomic E-state index is 6.05. The molecule has 0 radical (unpaired) electrons. The van der Waals surface area contributed by atoms with Crippen molar-refractivity contribution >= 4 is 22.9 Å². The maximum Gasteiger partial charge on any atom is 0.122 e. The van der Waals surface area contributed by atoms with Crippen LogP contribution in [0.15, 0.2) is 18.2 Å². The van der Waals surface area contributed by atoms with Crippen LogP contribution in [0.4, 0.5) is 0 Å². The summed E-state index contributed by atoms with van der Waals surface area (Å²) < 4.78 is 5.37. The summed E-state index contributed by atoms with van der Waals surface area (Å²) in [5.74, 6) is 0.859. The Kier molecular flexibility index (Phi) is 4.80. The van der Waals surface area contributed by atoms with Gasteiger partial charge in [0.1, 0.15) is 5.75 Å². The molecular formula is C14H17ClN2OS. The molecular weight excluding hydrogens is 280 g/mol. The van der Waals surface area contributed by atoms with Gasteiger partial charge in [-0.15, -0.1) is 11.3 Å². The summed E-state index contributed by atoms with van der Waals surface area (Å²) in [6.45, 7) is 2.66. The summed E-state index contributed by atoms with van der Waals surface area (Å²) >= 11 is 7.76. The van der Waals surface area contributed by atoms with E-state index in [1.165, 1.54) is 4.88 Å². The van der Waals surface area contributed by atoms with E-state index in [9.17, 15) is 0 Å². The molecule has 2 rings (SSSR count). The van der Waals surface area contributed by atoms with Gasteiger partial charge in [-0.2, -0.15) is 0 Å². The molecule has 102 valence electrons. The maximum absolute atomic E-state index is 6.05. The lowest BCUT2D eigenvalue weighted by atomic mass is 10.1. The van der Waals surface area contributed by atoms with Crippen molar-refractivity contribution in [1.29, 1.82) is 0 Å². The van der Waals surface area contributed by atoms with Crippen LogP contribution in [0, 0.1) is 6.92 Å². The first-order chi connectivity index (χ1) is 9.13. The molecule has 0 unspecified atom stereocenters. The van der Waals surface area contributed by atoms with Gasteiger partial charge in [0.15, 0.2) is 0 Å². The first-order valence-electron chi connectivity index (χ1n) is 6.11. The summed E-state index contributed by atoms with van der Waals surface area (Å²) in [6.07, 6.45) is 1.62. The monoisotopic (exact) mass is 296 g/mol. The number of rotatable bonds is 5. The van der Waals surface area contributed by atoms with Crippen LogP contribution in [-0.4, -0.2) is 18.6 Å². The second kappa shape index (κ2) is 6.37. The Morgan fingerprint density at radius 3 is 2.89 bits per heavy atom. The minimum atomic E-state index is 0.632. The summed E-state index contributed by atoms with van der Waals surface area (Å²) in [7, 11) is 1.67. The van der Waals surface area contributed by atoms with E-state index in [1.807, 2.05) is 25.1 Å². The molecule has 0 spiro atoms. The molecule has 0 saturated heterocycles. The zero-order chi connectivity index (χ0) is 13.8. The van der Waals surface area contributed by atoms with Crippen LogP contribution in [0.5, 0.6) is 5.75 Å². The van der Waals surface area contributed by atoms with Crippen LogP contribution >= 0.6 is 22.9 Å². The summed E-state index contributed by atoms with van der Waals surface area (Å²) in [5.41, 5.74) is 7.72. The molecule has 5 heteroatoms. The highest BCUT2D eigenvalue weighted by Crippen LogP contribution is 2.28. The van der Waals surface area contributed by atoms with Gasteiger partial charge in [-0.25, -0.2) is 4.98 Å². The SMILES string of the molecule is COc1ccc(Cl)cc1Cc1sc(CCN)nc1C. The number of nitrogens with two attached hydrogens (primary N) is 1. The number of aryl methyl sites for hydroxylation is 1. The molecule has 2 N–H and O–H groups in total. The molecule has 0 saturated carbocycles. The fraction of sp³-hybridized carbons (Fsp3) is 0.357. The molecule has 0 aliphatic carbocycles. The summed E-state index contributed by atoms with van der Waals surface area (Å²) in [6, 6.07) is 5.68. The number of thiazole rings is 1. The fourth-order valence-electron chi connectivity index (χ4n) is 1.94. The molecule has 0 aliphatic heterocycles. The van der Waals surface area contributed by atoms with E-state index in [2.05, 4.69) is 4.98 Å². The van der Waals surface area contributed by atoms with Crippen LogP contribution in [-0.2, 0) is 12.8 Å². The minimum absolute atomic E-state index is 0.632. The normalized spacial score (nSPS) is 10.7. The predicted octanol–water partition coefficient (Wildman–Crippen LogP) is 3.21. The molecule has 0 amide bonds. The highest BCUT2D eigenvalue weighted by atomic mass is 35.5. The molecule has 3 nitrogen and oxygen atoms in total. The second-order valence-corrected chi connectivity index (χ2v) is 5.89. The van der Waals surface area contributed by atoms with Crippen LogP contribution in [0.2, 0.25) is 5.02 Å². The number of methoxy groups -OCH3 is 1. The summed E-state index contributed by atoms with van der Waals surface area (Å²) in [4.78, 5) is 5.78. The molecule has 0 fully saturated rings. The average molecular weight is 297 g/mol. The van der Waals surface area contributed by atoms with Crippen molar-refractivity contribution in [3.8, 4) is 5.75 Å². The molecule has 1 heterocycles. The zero-order valence-corrected chi connectivity index (χ0v) is 12.6. The lowest BCUT2D eigenvalue weighted by Crippen LogP contribution is -2.01. The number of aromatic nitrogens is 1. The number of ether oxygens (including phenoxy) is 1. The van der Waals surface area contributed by atoms with Gasteiger partial charge >= 0.3 is 0 Å². The van der Waals surface area contributed by atoms with Crippen LogP contribution in [0.3, 0.4) is 0 Å². The van der Waals surface area contributed by atoms with Crippen molar-refractivity contribution in [1.82, 2.24) is 4.98 Å². The largest absolute Gasteiger partial charge is 0.496 e. The lowest BCUT2D eigenvalue weighted by Gasteiger charge is -2.08. The Balaban J connectivity index is 2.27. The lowest BCUT2D eigenvalue weighted by molar-refractivity contribution is 0.410. The molecule has 2 aromatic rings. The number of hydrogen-bond donors (Lipinski definition) is 1. The van der Waals surface area contributed by atoms with Crippen LogP contribution in [0.1, 0.15) is 21.1 Å². The molecule has 1 aromatic heterocycles. The van der Waals surface area contributed by atoms with E-state index >= 15 is 0 Å². The van der Waals surface area contributed by atoms with Gasteiger partial charge in [-0.1, -0.05) is 11.6 Å². The quantitative estimate of drug-likeness (QED) is 0.922. The molecule has 19 heavy (non-hydrogen) atoms. The topological polar surface area (TPSA) is 48.1 Å². The highest BCUT2D eigenvalue weighted by molar-refractivity contribution is 7.11. The minimum Gasteiger partial charge on any atom is -0.496 e. The third-order valence-corrected chi connectivity index (χ3v) is 4.34. The molecule has 1 aromatic carbocycles. The number of hydrogen-bond acceptors (Lipinski definition) is 4. The van der Waals surface area contributed by atoms with Gasteiger partial charge in [-0.05, 0) is 31.7 Å². The van der Waals surface area contributed by atoms with Crippen molar-refractivity contribution in [2.75, 3.05) is 13.7 Å². The van der Waals surface area contributed by atoms with E-state index in [-0.39, 0.29) is 0 Å². The Labute approximate surface area is 122 Å². The molecule has 0 bridgehead atoms. The third-order valence-electron chi connectivity index (χ3n) is 2.89. The standard InChI is InChI=1S/C14H17ClN2OS/c1-9-13(19-14(17-9)5-6-16)8-10-7-11(15)3-4-12(10)18-2/h3-4,7H,5-6,8,16H2,1-2H3. The van der Waals surface area contributed by atoms with E-state index in [4.69, 9.17) is 22.1 Å². The zero-order valence-electron chi connectivity index (χ0n) is 11.1. The van der Waals surface area contributed by atoms with Gasteiger partial charge in [-0.3, -0.25) is 0 Å². The van der Waals surface area contributed by atoms with Crippen molar-refractivity contribution in [3.63, 3.8) is 0 Å². The predicted molar refractivity (Wildman–Crippen MR) is 80.4 cm³/mol. The fourth-order valence-corrected chi connectivity index (χ4v) is 3.24. The van der Waals surface area contributed by atoms with Gasteiger partial charge in [0.2, 0.25) is 0 Å². The smallest absolute Gasteiger partial charge is 0.122 e. The van der Waals surface area contributed by atoms with E-state index in [0.717, 1.165) is 39.9 Å². The Bertz CT molecular complexity index is 569. The van der Waals surface area contributed by atoms with Gasteiger partial charge in [0.25, 0.3) is 0 Å². The van der Waals surface area contributed by atoms with E-state index in [0.29, 0.717) is 6.54 Å². The highest BCUT2D eigenvalue weighted by Gasteiger charge is 2.11. The number of benzene rings is 1. The van der Waals surface area contributed by atoms with Gasteiger partial charge < -0.3 is 10.5 Å². The number of halogens is 1. The Morgan fingerprint density at radius 2 is 2.21 bits per heavy atom. The molecule has 0 aliphatic rings. The first kappa shape index (κ1) is 14.3. The van der Waals surface area contributed by atoms with Crippen LogP contribution in [0.25, 0.3) is 0 Å². The van der Waals surface area contributed by atoms with Crippen molar-refractivity contribution < 1.29 is 4.74 Å².